The van der Waals surface area contributed by atoms with Crippen molar-refractivity contribution in [3.63, 3.8) is 0 Å². The van der Waals surface area contributed by atoms with Gasteiger partial charge in [-0.25, -0.2) is 8.42 Å². The smallest absolute Gasteiger partial charge is 0.243 e. The van der Waals surface area contributed by atoms with Crippen LogP contribution < -0.4 is 4.74 Å². The molecule has 0 amide bonds. The van der Waals surface area contributed by atoms with Crippen LogP contribution in [0, 0.1) is 6.92 Å². The van der Waals surface area contributed by atoms with Gasteiger partial charge < -0.3 is 9.72 Å². The fraction of sp³-hybridized carbons (Fsp3) is 0.333. The quantitative estimate of drug-likeness (QED) is 0.738. The third-order valence-electron chi connectivity index (χ3n) is 5.38. The van der Waals surface area contributed by atoms with E-state index in [1.165, 1.54) is 0 Å². The van der Waals surface area contributed by atoms with Gasteiger partial charge in [0, 0.05) is 35.6 Å². The molecule has 1 aliphatic heterocycles. The van der Waals surface area contributed by atoms with Crippen LogP contribution in [0.4, 0.5) is 0 Å². The molecule has 1 aromatic heterocycles. The van der Waals surface area contributed by atoms with Gasteiger partial charge in [-0.15, -0.1) is 0 Å². The van der Waals surface area contributed by atoms with Crippen LogP contribution in [0.3, 0.4) is 0 Å². The van der Waals surface area contributed by atoms with Crippen LogP contribution in [0.25, 0.3) is 10.9 Å². The maximum absolute atomic E-state index is 13.1. The van der Waals surface area contributed by atoms with E-state index in [2.05, 4.69) is 11.1 Å². The molecule has 6 heteroatoms. The summed E-state index contributed by atoms with van der Waals surface area (Å²) in [6, 6.07) is 15.2. The summed E-state index contributed by atoms with van der Waals surface area (Å²) in [6.07, 6.45) is 1.83. The molecule has 1 saturated heterocycles. The average Bonchev–Trinajstić information content (AvgIpc) is 3.11. The van der Waals surface area contributed by atoms with E-state index in [1.807, 2.05) is 37.3 Å². The summed E-state index contributed by atoms with van der Waals surface area (Å²) in [5.74, 6) is 0.983. The van der Waals surface area contributed by atoms with Gasteiger partial charge in [-0.1, -0.05) is 18.2 Å². The van der Waals surface area contributed by atoms with E-state index < -0.39 is 10.0 Å². The number of nitrogens with zero attached hydrogens (tertiary/aromatic N) is 1. The molecule has 1 N–H and O–H groups in total. The topological polar surface area (TPSA) is 62.4 Å². The molecule has 1 unspecified atom stereocenters. The highest BCUT2D eigenvalue weighted by atomic mass is 32.2. The van der Waals surface area contributed by atoms with Crippen molar-refractivity contribution in [3.8, 4) is 5.75 Å². The van der Waals surface area contributed by atoms with E-state index in [1.54, 1.807) is 23.5 Å². The van der Waals surface area contributed by atoms with Gasteiger partial charge in [-0.3, -0.25) is 0 Å². The van der Waals surface area contributed by atoms with Gasteiger partial charge >= 0.3 is 0 Å². The number of aromatic nitrogens is 1. The minimum absolute atomic E-state index is 0.163. The highest BCUT2D eigenvalue weighted by Gasteiger charge is 2.32. The van der Waals surface area contributed by atoms with Gasteiger partial charge in [0.05, 0.1) is 12.0 Å². The molecule has 0 spiro atoms. The molecule has 2 aromatic carbocycles. The molecule has 0 saturated carbocycles. The van der Waals surface area contributed by atoms with E-state index in [0.29, 0.717) is 18.0 Å². The first-order valence-electron chi connectivity index (χ1n) is 9.21. The highest BCUT2D eigenvalue weighted by Crippen LogP contribution is 2.33. The predicted octanol–water partition coefficient (Wildman–Crippen LogP) is 4.05. The Balaban J connectivity index is 1.62. The van der Waals surface area contributed by atoms with Gasteiger partial charge in [0.2, 0.25) is 10.0 Å². The summed E-state index contributed by atoms with van der Waals surface area (Å²) in [5, 5.41) is 1.09. The monoisotopic (exact) mass is 384 g/mol. The molecule has 0 bridgehead atoms. The molecule has 2 heterocycles. The predicted molar refractivity (Wildman–Crippen MR) is 107 cm³/mol. The zero-order valence-electron chi connectivity index (χ0n) is 15.6. The fourth-order valence-corrected chi connectivity index (χ4v) is 5.63. The molecule has 5 nitrogen and oxygen atoms in total. The maximum atomic E-state index is 13.1. The van der Waals surface area contributed by atoms with Gasteiger partial charge in [0.15, 0.2) is 0 Å². The zero-order chi connectivity index (χ0) is 19.0. The second-order valence-corrected chi connectivity index (χ2v) is 9.05. The van der Waals surface area contributed by atoms with Crippen molar-refractivity contribution < 1.29 is 13.2 Å². The van der Waals surface area contributed by atoms with Crippen molar-refractivity contribution in [2.24, 2.45) is 0 Å². The number of ether oxygens (including phenoxy) is 1. The largest absolute Gasteiger partial charge is 0.497 e. The third-order valence-corrected chi connectivity index (χ3v) is 7.41. The Kier molecular flexibility index (Phi) is 4.70. The molecule has 0 aliphatic carbocycles. The van der Waals surface area contributed by atoms with Crippen molar-refractivity contribution in [1.29, 1.82) is 0 Å². The molecule has 142 valence electrons. The summed E-state index contributed by atoms with van der Waals surface area (Å²) in [7, 11) is -1.82. The summed E-state index contributed by atoms with van der Waals surface area (Å²) in [5.41, 5.74) is 2.92. The molecule has 4 rings (SSSR count). The first-order valence-corrected chi connectivity index (χ1v) is 10.7. The molecular formula is C21H24N2O3S. The number of aryl methyl sites for hydroxylation is 1. The Hall–Kier alpha value is -2.31. The first kappa shape index (κ1) is 18.1. The minimum Gasteiger partial charge on any atom is -0.497 e. The Bertz CT molecular complexity index is 1070. The van der Waals surface area contributed by atoms with Crippen LogP contribution in [-0.4, -0.2) is 37.9 Å². The van der Waals surface area contributed by atoms with Crippen molar-refractivity contribution in [3.05, 3.63) is 59.8 Å². The average molecular weight is 385 g/mol. The van der Waals surface area contributed by atoms with Gasteiger partial charge in [0.1, 0.15) is 5.75 Å². The number of H-pyrrole nitrogens is 1. The summed E-state index contributed by atoms with van der Waals surface area (Å²) >= 11 is 0. The molecule has 3 aromatic rings. The van der Waals surface area contributed by atoms with Crippen molar-refractivity contribution in [2.75, 3.05) is 20.2 Å². The van der Waals surface area contributed by atoms with Gasteiger partial charge in [-0.2, -0.15) is 4.31 Å². The van der Waals surface area contributed by atoms with Crippen molar-refractivity contribution >= 4 is 20.9 Å². The van der Waals surface area contributed by atoms with Crippen LogP contribution in [0.15, 0.2) is 53.4 Å². The number of hydrogen-bond donors (Lipinski definition) is 1. The van der Waals surface area contributed by atoms with E-state index in [9.17, 15) is 8.42 Å². The Morgan fingerprint density at radius 3 is 2.74 bits per heavy atom. The first-order chi connectivity index (χ1) is 13.0. The number of fused-ring (bicyclic) bond motifs is 1. The minimum atomic E-state index is -3.47. The number of benzene rings is 2. The van der Waals surface area contributed by atoms with Crippen LogP contribution in [-0.2, 0) is 10.0 Å². The summed E-state index contributed by atoms with van der Waals surface area (Å²) < 4.78 is 33.2. The number of nitrogens with one attached hydrogen (secondary N) is 1. The lowest BCUT2D eigenvalue weighted by Gasteiger charge is -2.32. The van der Waals surface area contributed by atoms with Crippen molar-refractivity contribution in [1.82, 2.24) is 9.29 Å². The Labute approximate surface area is 160 Å². The molecular weight excluding hydrogens is 360 g/mol. The number of piperidine rings is 1. The standard InChI is InChI=1S/C21H24N2O3S/c1-15-6-3-4-8-21(15)27(24,25)23-11-5-7-16(14-23)20-13-17-12-18(26-2)9-10-19(17)22-20/h3-4,6,8-10,12-13,16,22H,5,7,11,14H2,1-2H3. The second kappa shape index (κ2) is 7.02. The zero-order valence-corrected chi connectivity index (χ0v) is 16.4. The van der Waals surface area contributed by atoms with Gasteiger partial charge in [-0.05, 0) is 55.7 Å². The maximum Gasteiger partial charge on any atom is 0.243 e. The van der Waals surface area contributed by atoms with E-state index >= 15 is 0 Å². The third kappa shape index (κ3) is 3.35. The SMILES string of the molecule is COc1ccc2[nH]c(C3CCCN(S(=O)(=O)c4ccccc4C)C3)cc2c1. The lowest BCUT2D eigenvalue weighted by Crippen LogP contribution is -2.39. The number of aromatic amines is 1. The van der Waals surface area contributed by atoms with Crippen LogP contribution >= 0.6 is 0 Å². The molecule has 1 aliphatic rings. The molecule has 27 heavy (non-hydrogen) atoms. The number of rotatable bonds is 4. The Morgan fingerprint density at radius 2 is 1.96 bits per heavy atom. The number of methoxy groups -OCH3 is 1. The van der Waals surface area contributed by atoms with Crippen molar-refractivity contribution in [2.45, 2.75) is 30.6 Å². The number of hydrogen-bond acceptors (Lipinski definition) is 3. The summed E-state index contributed by atoms with van der Waals surface area (Å²) in [4.78, 5) is 3.87. The Morgan fingerprint density at radius 1 is 1.15 bits per heavy atom. The second-order valence-electron chi connectivity index (χ2n) is 7.15. The van der Waals surface area contributed by atoms with E-state index in [-0.39, 0.29) is 5.92 Å². The summed E-state index contributed by atoms with van der Waals surface area (Å²) in [6.45, 7) is 2.92. The van der Waals surface area contributed by atoms with Crippen LogP contribution in [0.2, 0.25) is 0 Å². The number of sulfonamides is 1. The molecule has 1 fully saturated rings. The van der Waals surface area contributed by atoms with Crippen LogP contribution in [0.1, 0.15) is 30.0 Å². The molecule has 0 radical (unpaired) electrons. The van der Waals surface area contributed by atoms with E-state index in [0.717, 1.165) is 40.8 Å². The molecule has 1 atom stereocenters. The van der Waals surface area contributed by atoms with E-state index in [4.69, 9.17) is 4.74 Å². The van der Waals surface area contributed by atoms with Crippen LogP contribution in [0.5, 0.6) is 5.75 Å². The highest BCUT2D eigenvalue weighted by molar-refractivity contribution is 7.89. The normalized spacial score (nSPS) is 18.7. The van der Waals surface area contributed by atoms with Gasteiger partial charge in [0.25, 0.3) is 0 Å². The lowest BCUT2D eigenvalue weighted by molar-refractivity contribution is 0.313. The lowest BCUT2D eigenvalue weighted by atomic mass is 9.96. The fourth-order valence-electron chi connectivity index (χ4n) is 3.88.